The lowest BCUT2D eigenvalue weighted by atomic mass is 10.1. The van der Waals surface area contributed by atoms with Gasteiger partial charge in [0.2, 0.25) is 0 Å². The lowest BCUT2D eigenvalue weighted by Crippen LogP contribution is -2.10. The first-order valence-corrected chi connectivity index (χ1v) is 8.72. The van der Waals surface area contributed by atoms with Crippen LogP contribution in [0, 0.1) is 20.8 Å². The van der Waals surface area contributed by atoms with Gasteiger partial charge in [-0.1, -0.05) is 25.1 Å². The Kier molecular flexibility index (Phi) is 6.32. The Bertz CT molecular complexity index is 738. The molecule has 3 nitrogen and oxygen atoms in total. The number of hydrogen-bond donors (Lipinski definition) is 1. The number of aryl methyl sites for hydroxylation is 3. The molecule has 0 saturated heterocycles. The lowest BCUT2D eigenvalue weighted by Gasteiger charge is -2.16. The van der Waals surface area contributed by atoms with Crippen molar-refractivity contribution in [2.24, 2.45) is 0 Å². The summed E-state index contributed by atoms with van der Waals surface area (Å²) in [7, 11) is 0. The molecular weight excluding hydrogens is 320 g/mol. The van der Waals surface area contributed by atoms with E-state index >= 15 is 0 Å². The van der Waals surface area contributed by atoms with Crippen LogP contribution in [0.4, 0.5) is 0 Å². The van der Waals surface area contributed by atoms with Gasteiger partial charge in [0.25, 0.3) is 0 Å². The van der Waals surface area contributed by atoms with Crippen molar-refractivity contribution in [2.75, 3.05) is 0 Å². The number of hydrogen-bond acceptors (Lipinski definition) is 4. The average Bonchev–Trinajstić information content (AvgIpc) is 2.57. The molecule has 0 amide bonds. The Labute approximate surface area is 149 Å². The van der Waals surface area contributed by atoms with E-state index in [4.69, 9.17) is 9.47 Å². The topological polar surface area (TPSA) is 35.5 Å². The highest BCUT2D eigenvalue weighted by molar-refractivity contribution is 7.79. The summed E-state index contributed by atoms with van der Waals surface area (Å²) in [5.41, 5.74) is 5.39. The van der Waals surface area contributed by atoms with Crippen LogP contribution in [-0.2, 0) is 17.2 Å². The summed E-state index contributed by atoms with van der Waals surface area (Å²) in [4.78, 5) is 11.7. The standard InChI is InChI=1S/C20H24O3S/c1-5-20(21)23-18-8-6-7-16(12-24)17(18)11-22-19-10-14(3)13(2)9-15(19)4/h6-10,24H,5,11-12H2,1-4H3. The first-order chi connectivity index (χ1) is 11.5. The van der Waals surface area contributed by atoms with Gasteiger partial charge >= 0.3 is 5.97 Å². The molecular formula is C20H24O3S. The fourth-order valence-corrected chi connectivity index (χ4v) is 2.75. The molecule has 0 aromatic heterocycles. The van der Waals surface area contributed by atoms with E-state index in [9.17, 15) is 4.79 Å². The molecule has 0 atom stereocenters. The number of rotatable bonds is 6. The van der Waals surface area contributed by atoms with E-state index < -0.39 is 0 Å². The summed E-state index contributed by atoms with van der Waals surface area (Å²) in [6, 6.07) is 9.81. The maximum atomic E-state index is 11.7. The Balaban J connectivity index is 2.28. The second-order valence-electron chi connectivity index (χ2n) is 5.87. The first kappa shape index (κ1) is 18.4. The lowest BCUT2D eigenvalue weighted by molar-refractivity contribution is -0.134. The Morgan fingerprint density at radius 1 is 1.04 bits per heavy atom. The van der Waals surface area contributed by atoms with Gasteiger partial charge in [-0.15, -0.1) is 0 Å². The highest BCUT2D eigenvalue weighted by Gasteiger charge is 2.13. The fourth-order valence-electron chi connectivity index (χ4n) is 2.45. The zero-order valence-electron chi connectivity index (χ0n) is 14.7. The predicted octanol–water partition coefficient (Wildman–Crippen LogP) is 4.94. The van der Waals surface area contributed by atoms with Gasteiger partial charge in [-0.3, -0.25) is 4.79 Å². The molecule has 0 heterocycles. The van der Waals surface area contributed by atoms with Gasteiger partial charge in [0.15, 0.2) is 0 Å². The van der Waals surface area contributed by atoms with Gasteiger partial charge < -0.3 is 9.47 Å². The van der Waals surface area contributed by atoms with Crippen molar-refractivity contribution in [3.8, 4) is 11.5 Å². The van der Waals surface area contributed by atoms with E-state index in [-0.39, 0.29) is 5.97 Å². The Hall–Kier alpha value is -1.94. The molecule has 0 bridgehead atoms. The summed E-state index contributed by atoms with van der Waals surface area (Å²) in [5.74, 6) is 1.70. The van der Waals surface area contributed by atoms with Crippen molar-refractivity contribution in [1.82, 2.24) is 0 Å². The smallest absolute Gasteiger partial charge is 0.310 e. The first-order valence-electron chi connectivity index (χ1n) is 8.09. The minimum atomic E-state index is -0.255. The van der Waals surface area contributed by atoms with Crippen LogP contribution in [-0.4, -0.2) is 5.97 Å². The molecule has 2 aromatic carbocycles. The summed E-state index contributed by atoms with van der Waals surface area (Å²) >= 11 is 4.37. The van der Waals surface area contributed by atoms with Crippen LogP contribution >= 0.6 is 12.6 Å². The summed E-state index contributed by atoms with van der Waals surface area (Å²) in [6.07, 6.45) is 0.335. The predicted molar refractivity (Wildman–Crippen MR) is 100 cm³/mol. The van der Waals surface area contributed by atoms with Crippen molar-refractivity contribution in [3.05, 3.63) is 58.1 Å². The van der Waals surface area contributed by atoms with Crippen molar-refractivity contribution < 1.29 is 14.3 Å². The molecule has 0 aliphatic rings. The third-order valence-electron chi connectivity index (χ3n) is 4.08. The van der Waals surface area contributed by atoms with Crippen LogP contribution in [0.5, 0.6) is 11.5 Å². The number of carbonyl (C=O) groups excluding carboxylic acids is 1. The number of esters is 1. The highest BCUT2D eigenvalue weighted by Crippen LogP contribution is 2.28. The Morgan fingerprint density at radius 3 is 2.42 bits per heavy atom. The van der Waals surface area contributed by atoms with Crippen molar-refractivity contribution in [2.45, 2.75) is 46.5 Å². The molecule has 0 aliphatic carbocycles. The maximum absolute atomic E-state index is 11.7. The second kappa shape index (κ2) is 8.25. The van der Waals surface area contributed by atoms with E-state index in [2.05, 4.69) is 32.5 Å². The molecule has 2 aromatic rings. The summed E-state index contributed by atoms with van der Waals surface area (Å²) < 4.78 is 11.5. The van der Waals surface area contributed by atoms with Gasteiger partial charge in [0, 0.05) is 17.7 Å². The molecule has 0 N–H and O–H groups in total. The number of thiol groups is 1. The van der Waals surface area contributed by atoms with Gasteiger partial charge in [-0.25, -0.2) is 0 Å². The van der Waals surface area contributed by atoms with E-state index in [0.29, 0.717) is 24.5 Å². The highest BCUT2D eigenvalue weighted by atomic mass is 32.1. The van der Waals surface area contributed by atoms with E-state index in [1.807, 2.05) is 25.1 Å². The van der Waals surface area contributed by atoms with Crippen LogP contribution in [0.1, 0.15) is 41.2 Å². The molecule has 0 saturated carbocycles. The molecule has 0 aliphatic heterocycles. The van der Waals surface area contributed by atoms with Crippen LogP contribution in [0.2, 0.25) is 0 Å². The number of carbonyl (C=O) groups is 1. The number of ether oxygens (including phenoxy) is 2. The monoisotopic (exact) mass is 344 g/mol. The van der Waals surface area contributed by atoms with Gasteiger partial charge in [0.1, 0.15) is 18.1 Å². The Morgan fingerprint density at radius 2 is 1.75 bits per heavy atom. The van der Waals surface area contributed by atoms with Crippen molar-refractivity contribution in [1.29, 1.82) is 0 Å². The van der Waals surface area contributed by atoms with Gasteiger partial charge in [-0.05, 0) is 55.2 Å². The van der Waals surface area contributed by atoms with Crippen LogP contribution < -0.4 is 9.47 Å². The van der Waals surface area contributed by atoms with Crippen LogP contribution in [0.15, 0.2) is 30.3 Å². The molecule has 0 radical (unpaired) electrons. The SMILES string of the molecule is CCC(=O)Oc1cccc(CS)c1COc1cc(C)c(C)cc1C. The molecule has 128 valence electrons. The molecule has 2 rings (SSSR count). The van der Waals surface area contributed by atoms with Gasteiger partial charge in [-0.2, -0.15) is 12.6 Å². The minimum Gasteiger partial charge on any atom is -0.488 e. The molecule has 24 heavy (non-hydrogen) atoms. The van der Waals surface area contributed by atoms with E-state index in [0.717, 1.165) is 22.4 Å². The largest absolute Gasteiger partial charge is 0.488 e. The van der Waals surface area contributed by atoms with Gasteiger partial charge in [0.05, 0.1) is 0 Å². The fraction of sp³-hybridized carbons (Fsp3) is 0.350. The quantitative estimate of drug-likeness (QED) is 0.458. The minimum absolute atomic E-state index is 0.255. The average molecular weight is 344 g/mol. The van der Waals surface area contributed by atoms with Crippen molar-refractivity contribution >= 4 is 18.6 Å². The summed E-state index contributed by atoms with van der Waals surface area (Å²) in [5, 5.41) is 0. The molecule has 0 unspecified atom stereocenters. The third kappa shape index (κ3) is 4.32. The zero-order chi connectivity index (χ0) is 17.7. The summed E-state index contributed by atoms with van der Waals surface area (Å²) in [6.45, 7) is 8.30. The molecule has 0 spiro atoms. The molecule has 0 fully saturated rings. The third-order valence-corrected chi connectivity index (χ3v) is 4.42. The second-order valence-corrected chi connectivity index (χ2v) is 6.19. The molecule has 4 heteroatoms. The van der Waals surface area contributed by atoms with Crippen LogP contribution in [0.25, 0.3) is 0 Å². The zero-order valence-corrected chi connectivity index (χ0v) is 15.6. The van der Waals surface area contributed by atoms with E-state index in [1.54, 1.807) is 13.0 Å². The van der Waals surface area contributed by atoms with Crippen LogP contribution in [0.3, 0.4) is 0 Å². The normalized spacial score (nSPS) is 10.5. The van der Waals surface area contributed by atoms with E-state index in [1.165, 1.54) is 11.1 Å². The number of benzene rings is 2. The van der Waals surface area contributed by atoms with Crippen molar-refractivity contribution in [3.63, 3.8) is 0 Å². The maximum Gasteiger partial charge on any atom is 0.310 e.